The third-order valence-corrected chi connectivity index (χ3v) is 32.8. The molecule has 0 saturated heterocycles. The van der Waals surface area contributed by atoms with Gasteiger partial charge in [-0.1, -0.05) is 0 Å². The molecule has 0 N–H and O–H groups in total. The van der Waals surface area contributed by atoms with Crippen LogP contribution in [0, 0.1) is 0 Å². The molecule has 0 amide bonds. The summed E-state index contributed by atoms with van der Waals surface area (Å²) < 4.78 is 0.928. The fourth-order valence-electron chi connectivity index (χ4n) is 8.01. The van der Waals surface area contributed by atoms with Gasteiger partial charge in [0.25, 0.3) is 0 Å². The van der Waals surface area contributed by atoms with Crippen LogP contribution in [0.1, 0.15) is 55.4 Å². The molecule has 0 radical (unpaired) electrons. The van der Waals surface area contributed by atoms with Crippen LogP contribution in [-0.4, -0.2) is 33.6 Å². The van der Waals surface area contributed by atoms with Crippen LogP contribution in [0.15, 0.2) is 58.3 Å². The third-order valence-electron chi connectivity index (χ3n) is 8.78. The van der Waals surface area contributed by atoms with Crippen molar-refractivity contribution in [3.05, 3.63) is 48.5 Å². The van der Waals surface area contributed by atoms with Gasteiger partial charge < -0.3 is 0 Å². The van der Waals surface area contributed by atoms with E-state index in [9.17, 15) is 0 Å². The minimum atomic E-state index is -1.77. The molecule has 162 valence electrons. The van der Waals surface area contributed by atoms with Gasteiger partial charge in [-0.3, -0.25) is 0 Å². The Kier molecular flexibility index (Phi) is 5.34. The van der Waals surface area contributed by atoms with Crippen LogP contribution in [-0.2, 0) is 0 Å². The molecule has 0 spiro atoms. The van der Waals surface area contributed by atoms with Crippen molar-refractivity contribution in [2.24, 2.45) is 0 Å². The van der Waals surface area contributed by atoms with Crippen LogP contribution in [0.25, 0.3) is 0 Å². The predicted molar refractivity (Wildman–Crippen MR) is 143 cm³/mol. The summed E-state index contributed by atoms with van der Waals surface area (Å²) in [7, 11) is -4.54. The molecule has 2 heterocycles. The van der Waals surface area contributed by atoms with Crippen LogP contribution in [0.5, 0.6) is 0 Å². The van der Waals surface area contributed by atoms with Crippen molar-refractivity contribution >= 4 is 35.2 Å². The predicted octanol–water partition coefficient (Wildman–Crippen LogP) is 7.23. The Bertz CT molecular complexity index is 840. The van der Waals surface area contributed by atoms with Crippen LogP contribution in [0.3, 0.4) is 0 Å². The Morgan fingerprint density at radius 2 is 0.897 bits per heavy atom. The zero-order chi connectivity index (χ0) is 21.4. The van der Waals surface area contributed by atoms with E-state index in [2.05, 4.69) is 110 Å². The maximum atomic E-state index is 2.73. The van der Waals surface area contributed by atoms with E-state index in [0.29, 0.717) is 0 Å². The molecule has 0 bridgehead atoms. The van der Waals surface area contributed by atoms with Crippen molar-refractivity contribution in [1.29, 1.82) is 0 Å². The second-order valence-corrected chi connectivity index (χ2v) is 26.2. The van der Waals surface area contributed by atoms with E-state index in [-0.39, 0.29) is 0 Å². The van der Waals surface area contributed by atoms with Crippen molar-refractivity contribution in [3.63, 3.8) is 0 Å². The maximum absolute atomic E-state index is 2.73. The van der Waals surface area contributed by atoms with Gasteiger partial charge in [-0.2, -0.15) is 0 Å². The van der Waals surface area contributed by atoms with Crippen LogP contribution < -0.4 is 10.6 Å². The van der Waals surface area contributed by atoms with Gasteiger partial charge in [-0.05, 0) is 0 Å². The average molecular weight is 449 g/mol. The summed E-state index contributed by atoms with van der Waals surface area (Å²) >= 11 is 0. The third kappa shape index (κ3) is 2.37. The van der Waals surface area contributed by atoms with E-state index >= 15 is 0 Å². The average Bonchev–Trinajstić information content (AvgIpc) is 3.05. The Morgan fingerprint density at radius 1 is 0.586 bits per heavy atom. The molecule has 3 heteroatoms. The van der Waals surface area contributed by atoms with Crippen LogP contribution in [0.4, 0.5) is 0 Å². The van der Waals surface area contributed by atoms with Crippen LogP contribution >= 0.6 is 24.6 Å². The van der Waals surface area contributed by atoms with Crippen molar-refractivity contribution in [2.45, 2.75) is 92.5 Å². The summed E-state index contributed by atoms with van der Waals surface area (Å²) in [4.78, 5) is 3.53. The molecule has 2 aromatic carbocycles. The zero-order valence-electron chi connectivity index (χ0n) is 19.9. The van der Waals surface area contributed by atoms with Gasteiger partial charge in [0.1, 0.15) is 0 Å². The first-order valence-electron chi connectivity index (χ1n) is 11.6. The molecule has 29 heavy (non-hydrogen) atoms. The number of fused-ring (bicyclic) bond motifs is 5. The van der Waals surface area contributed by atoms with E-state index in [1.165, 1.54) is 0 Å². The van der Waals surface area contributed by atoms with Crippen molar-refractivity contribution in [2.75, 3.05) is 6.26 Å². The Labute approximate surface area is 182 Å². The van der Waals surface area contributed by atoms with Gasteiger partial charge in [-0.15, -0.1) is 0 Å². The van der Waals surface area contributed by atoms with Crippen molar-refractivity contribution in [1.82, 2.24) is 0 Å². The standard InChI is InChI=1S/C26H42P2S/c1-18(2)27(19(3)4)22-14-10-12-16-24(22)29(9)25-17-13-11-15-23(25)28(20(5)6,21(7)8)26(27)29/h10-21,26-28H,1-9H3. The molecule has 2 aromatic rings. The number of hydrogen-bond acceptors (Lipinski definition) is 0. The second kappa shape index (κ2) is 7.08. The van der Waals surface area contributed by atoms with Crippen molar-refractivity contribution in [3.8, 4) is 0 Å². The summed E-state index contributed by atoms with van der Waals surface area (Å²) in [6, 6.07) is 19.6. The summed E-state index contributed by atoms with van der Waals surface area (Å²) in [5.41, 5.74) is 3.12. The fourth-order valence-corrected chi connectivity index (χ4v) is 42.7. The molecule has 0 fully saturated rings. The zero-order valence-corrected chi connectivity index (χ0v) is 22.7. The Hall–Kier alpha value is -0.350. The number of benzene rings is 2. The van der Waals surface area contributed by atoms with E-state index in [1.54, 1.807) is 9.79 Å². The molecule has 2 aliphatic heterocycles. The van der Waals surface area contributed by atoms with Gasteiger partial charge >= 0.3 is 182 Å². The molecular formula is C26H42P2S. The van der Waals surface area contributed by atoms with E-state index in [4.69, 9.17) is 0 Å². The first-order chi connectivity index (χ1) is 13.6. The van der Waals surface area contributed by atoms with Gasteiger partial charge in [0.05, 0.1) is 0 Å². The van der Waals surface area contributed by atoms with E-state index in [1.807, 2.05) is 10.6 Å². The molecule has 0 unspecified atom stereocenters. The summed E-state index contributed by atoms with van der Waals surface area (Å²) in [5, 5.41) is 3.67. The first kappa shape index (κ1) is 21.9. The minimum absolute atomic E-state index is 0.779. The first-order valence-corrected chi connectivity index (χ1v) is 18.1. The summed E-state index contributed by atoms with van der Waals surface area (Å²) in [6.45, 7) is 20.6. The molecule has 0 nitrogen and oxygen atoms in total. The number of rotatable bonds is 4. The van der Waals surface area contributed by atoms with E-state index in [0.717, 1.165) is 27.4 Å². The Morgan fingerprint density at radius 3 is 1.21 bits per heavy atom. The molecule has 0 atom stereocenters. The number of hydrogen-bond donors (Lipinski definition) is 0. The molecular weight excluding hydrogens is 406 g/mol. The van der Waals surface area contributed by atoms with Gasteiger partial charge in [0.15, 0.2) is 0 Å². The molecule has 4 rings (SSSR count). The van der Waals surface area contributed by atoms with Gasteiger partial charge in [-0.25, -0.2) is 0 Å². The summed E-state index contributed by atoms with van der Waals surface area (Å²) in [6.07, 6.45) is 2.73. The van der Waals surface area contributed by atoms with Crippen LogP contribution in [0.2, 0.25) is 0 Å². The molecule has 0 aliphatic carbocycles. The molecule has 2 aliphatic rings. The normalized spacial score (nSPS) is 30.7. The quantitative estimate of drug-likeness (QED) is 0.433. The molecule has 0 saturated carbocycles. The topological polar surface area (TPSA) is 0 Å². The Balaban J connectivity index is 2.24. The van der Waals surface area contributed by atoms with E-state index < -0.39 is 24.6 Å². The van der Waals surface area contributed by atoms with Gasteiger partial charge in [0, 0.05) is 0 Å². The second-order valence-electron chi connectivity index (χ2n) is 10.8. The summed E-state index contributed by atoms with van der Waals surface area (Å²) in [5.74, 6) is 0. The van der Waals surface area contributed by atoms with Gasteiger partial charge in [0.2, 0.25) is 0 Å². The fraction of sp³-hybridized carbons (Fsp3) is 0.538. The molecule has 0 aromatic heterocycles. The monoisotopic (exact) mass is 448 g/mol. The van der Waals surface area contributed by atoms with Crippen molar-refractivity contribution < 1.29 is 0 Å². The SMILES string of the molecule is CC(C)[PH]1(C(C)C)c2ccccc2S2(C)c3ccccc3[PH](C(C)C)(C(C)C)C12.